The van der Waals surface area contributed by atoms with Crippen molar-refractivity contribution in [2.75, 3.05) is 13.2 Å². The van der Waals surface area contributed by atoms with Gasteiger partial charge in [-0.25, -0.2) is 0 Å². The van der Waals surface area contributed by atoms with E-state index >= 15 is 0 Å². The summed E-state index contributed by atoms with van der Waals surface area (Å²) >= 11 is 0. The van der Waals surface area contributed by atoms with Gasteiger partial charge in [0.05, 0.1) is 6.61 Å². The molecule has 1 saturated heterocycles. The lowest BCUT2D eigenvalue weighted by Crippen LogP contribution is -2.14. The fourth-order valence-electron chi connectivity index (χ4n) is 0.902. The third-order valence-corrected chi connectivity index (χ3v) is 1.36. The third kappa shape index (κ3) is 0.891. The van der Waals surface area contributed by atoms with Gasteiger partial charge in [-0.1, -0.05) is 0 Å². The van der Waals surface area contributed by atoms with Crippen LogP contribution in [0.4, 0.5) is 0 Å². The molecule has 10 heavy (non-hydrogen) atoms. The number of hydrogen-bond acceptors (Lipinski definition) is 5. The fourth-order valence-corrected chi connectivity index (χ4v) is 0.902. The van der Waals surface area contributed by atoms with Crippen LogP contribution < -0.4 is 5.32 Å². The molecule has 0 bridgehead atoms. The largest absolute Gasteiger partial charge is 0.356 e. The van der Waals surface area contributed by atoms with Gasteiger partial charge in [-0.15, -0.1) is 5.10 Å². The predicted octanol–water partition coefficient (Wildman–Crippen LogP) is -0.312. The van der Waals surface area contributed by atoms with E-state index < -0.39 is 0 Å². The Morgan fingerprint density at radius 1 is 1.70 bits per heavy atom. The summed E-state index contributed by atoms with van der Waals surface area (Å²) in [6, 6.07) is 0. The molecule has 1 aliphatic heterocycles. The molecule has 5 nitrogen and oxygen atoms in total. The van der Waals surface area contributed by atoms with Crippen LogP contribution in [0.2, 0.25) is 0 Å². The van der Waals surface area contributed by atoms with Crippen molar-refractivity contribution >= 4 is 0 Å². The number of nitrogens with one attached hydrogen (secondary N) is 1. The zero-order valence-corrected chi connectivity index (χ0v) is 5.28. The Hall–Kier alpha value is -0.940. The van der Waals surface area contributed by atoms with Gasteiger partial charge in [0.1, 0.15) is 5.69 Å². The van der Waals surface area contributed by atoms with Gasteiger partial charge in [-0.3, -0.25) is 5.32 Å². The monoisotopic (exact) mass is 141 g/mol. The van der Waals surface area contributed by atoms with Crippen molar-refractivity contribution in [2.24, 2.45) is 0 Å². The molecular formula is C5H7N3O2. The smallest absolute Gasteiger partial charge is 0.156 e. The summed E-state index contributed by atoms with van der Waals surface area (Å²) in [5, 5.41) is 10.1. The van der Waals surface area contributed by atoms with Crippen LogP contribution in [0.3, 0.4) is 0 Å². The van der Waals surface area contributed by atoms with Crippen LogP contribution in [0.5, 0.6) is 0 Å². The summed E-state index contributed by atoms with van der Waals surface area (Å²) in [5.41, 5.74) is 0.706. The number of nitrogens with zero attached hydrogens (tertiary/aromatic N) is 2. The van der Waals surface area contributed by atoms with E-state index in [0.29, 0.717) is 5.69 Å². The van der Waals surface area contributed by atoms with Crippen molar-refractivity contribution in [3.8, 4) is 0 Å². The molecule has 0 spiro atoms. The highest BCUT2D eigenvalue weighted by Gasteiger charge is 2.19. The van der Waals surface area contributed by atoms with Crippen molar-refractivity contribution in [1.29, 1.82) is 0 Å². The molecule has 1 aromatic heterocycles. The molecule has 0 saturated carbocycles. The van der Waals surface area contributed by atoms with Crippen molar-refractivity contribution in [3.05, 3.63) is 12.0 Å². The van der Waals surface area contributed by atoms with Crippen molar-refractivity contribution < 1.29 is 9.26 Å². The molecule has 1 fully saturated rings. The molecular weight excluding hydrogens is 134 g/mol. The van der Waals surface area contributed by atoms with E-state index in [0.717, 1.165) is 13.2 Å². The fraction of sp³-hybridized carbons (Fsp3) is 0.600. The Balaban J connectivity index is 2.12. The second-order valence-corrected chi connectivity index (χ2v) is 2.03. The Labute approximate surface area is 57.3 Å². The normalized spacial score (nSPS) is 25.4. The molecule has 1 aromatic rings. The van der Waals surface area contributed by atoms with Crippen molar-refractivity contribution in [3.63, 3.8) is 0 Å². The molecule has 0 radical (unpaired) electrons. The average Bonchev–Trinajstić information content (AvgIpc) is 2.59. The quantitative estimate of drug-likeness (QED) is 0.581. The zero-order valence-electron chi connectivity index (χ0n) is 5.28. The van der Waals surface area contributed by atoms with E-state index in [1.54, 1.807) is 0 Å². The highest BCUT2D eigenvalue weighted by molar-refractivity contribution is 4.94. The summed E-state index contributed by atoms with van der Waals surface area (Å²) in [6.45, 7) is 1.58. The van der Waals surface area contributed by atoms with E-state index in [4.69, 9.17) is 4.74 Å². The third-order valence-electron chi connectivity index (χ3n) is 1.36. The lowest BCUT2D eigenvalue weighted by Gasteiger charge is -2.01. The summed E-state index contributed by atoms with van der Waals surface area (Å²) in [7, 11) is 0. The highest BCUT2D eigenvalue weighted by Crippen LogP contribution is 2.13. The van der Waals surface area contributed by atoms with Crippen LogP contribution >= 0.6 is 0 Å². The van der Waals surface area contributed by atoms with Crippen LogP contribution in [0.25, 0.3) is 0 Å². The molecule has 0 aliphatic carbocycles. The number of ether oxygens (including phenoxy) is 1. The lowest BCUT2D eigenvalue weighted by atomic mass is 10.4. The second-order valence-electron chi connectivity index (χ2n) is 2.03. The van der Waals surface area contributed by atoms with Gasteiger partial charge >= 0.3 is 0 Å². The van der Waals surface area contributed by atoms with Crippen LogP contribution in [0, 0.1) is 0 Å². The molecule has 0 aromatic carbocycles. The van der Waals surface area contributed by atoms with E-state index in [-0.39, 0.29) is 6.23 Å². The first-order valence-electron chi connectivity index (χ1n) is 3.09. The van der Waals surface area contributed by atoms with Gasteiger partial charge in [0.15, 0.2) is 12.5 Å². The van der Waals surface area contributed by atoms with E-state index in [2.05, 4.69) is 20.2 Å². The Morgan fingerprint density at radius 2 is 2.70 bits per heavy atom. The Bertz CT molecular complexity index is 193. The number of aromatic nitrogens is 2. The van der Waals surface area contributed by atoms with E-state index in [1.807, 2.05) is 0 Å². The minimum Gasteiger partial charge on any atom is -0.356 e. The summed E-state index contributed by atoms with van der Waals surface area (Å²) < 4.78 is 9.77. The van der Waals surface area contributed by atoms with Gasteiger partial charge in [0, 0.05) is 11.8 Å². The minimum absolute atomic E-state index is 0.119. The SMILES string of the molecule is c1onnc1C1NCCO1. The molecule has 1 N–H and O–H groups in total. The molecule has 2 rings (SSSR count). The lowest BCUT2D eigenvalue weighted by molar-refractivity contribution is 0.0983. The molecule has 1 atom stereocenters. The van der Waals surface area contributed by atoms with Crippen LogP contribution in [0.1, 0.15) is 11.9 Å². The molecule has 2 heterocycles. The van der Waals surface area contributed by atoms with Crippen LogP contribution in [0.15, 0.2) is 10.8 Å². The molecule has 5 heteroatoms. The van der Waals surface area contributed by atoms with E-state index in [1.165, 1.54) is 6.26 Å². The number of hydrogen-bond donors (Lipinski definition) is 1. The van der Waals surface area contributed by atoms with Gasteiger partial charge in [0.2, 0.25) is 0 Å². The van der Waals surface area contributed by atoms with Gasteiger partial charge in [-0.05, 0) is 0 Å². The van der Waals surface area contributed by atoms with Crippen molar-refractivity contribution in [1.82, 2.24) is 15.7 Å². The van der Waals surface area contributed by atoms with Crippen LogP contribution in [-0.4, -0.2) is 23.5 Å². The molecule has 1 unspecified atom stereocenters. The topological polar surface area (TPSA) is 60.2 Å². The minimum atomic E-state index is -0.119. The van der Waals surface area contributed by atoms with Crippen molar-refractivity contribution in [2.45, 2.75) is 6.23 Å². The maximum atomic E-state index is 5.22. The van der Waals surface area contributed by atoms with Gasteiger partial charge in [0.25, 0.3) is 0 Å². The standard InChI is InChI=1S/C5H7N3O2/c1-2-9-5(6-1)4-3-10-8-7-4/h3,5-6H,1-2H2. The first-order valence-corrected chi connectivity index (χ1v) is 3.09. The average molecular weight is 141 g/mol. The maximum Gasteiger partial charge on any atom is 0.156 e. The molecule has 1 aliphatic rings. The Kier molecular flexibility index (Phi) is 1.37. The van der Waals surface area contributed by atoms with E-state index in [9.17, 15) is 0 Å². The van der Waals surface area contributed by atoms with Crippen LogP contribution in [-0.2, 0) is 4.74 Å². The zero-order chi connectivity index (χ0) is 6.81. The summed E-state index contributed by atoms with van der Waals surface area (Å²) in [5.74, 6) is 0. The molecule has 0 amide bonds. The maximum absolute atomic E-state index is 5.22. The Morgan fingerprint density at radius 3 is 3.30 bits per heavy atom. The first-order chi connectivity index (χ1) is 4.97. The summed E-state index contributed by atoms with van der Waals surface area (Å²) in [6.07, 6.45) is 1.36. The summed E-state index contributed by atoms with van der Waals surface area (Å²) in [4.78, 5) is 0. The predicted molar refractivity (Wildman–Crippen MR) is 31.0 cm³/mol. The highest BCUT2D eigenvalue weighted by atomic mass is 16.5. The first kappa shape index (κ1) is 5.82. The molecule has 54 valence electrons. The van der Waals surface area contributed by atoms with Gasteiger partial charge in [-0.2, -0.15) is 0 Å². The number of rotatable bonds is 1. The second kappa shape index (κ2) is 2.36. The van der Waals surface area contributed by atoms with Gasteiger partial charge < -0.3 is 9.26 Å².